The molecule has 1 saturated heterocycles. The Morgan fingerprint density at radius 3 is 2.47 bits per heavy atom. The normalized spacial score (nSPS) is 25.1. The molecule has 1 fully saturated rings. The van der Waals surface area contributed by atoms with E-state index < -0.39 is 0 Å². The Hall–Kier alpha value is -1.03. The first-order valence-electron chi connectivity index (χ1n) is 6.02. The number of aromatic nitrogens is 2. The highest BCUT2D eigenvalue weighted by Gasteiger charge is 2.32. The zero-order valence-corrected chi connectivity index (χ0v) is 11.2. The molecule has 1 amide bonds. The average Bonchev–Trinajstić information content (AvgIpc) is 2.58. The molecule has 4 nitrogen and oxygen atoms in total. The van der Waals surface area contributed by atoms with Gasteiger partial charge in [-0.05, 0) is 33.1 Å². The molecule has 2 atom stereocenters. The van der Waals surface area contributed by atoms with E-state index in [2.05, 4.69) is 18.9 Å². The van der Waals surface area contributed by atoms with Crippen LogP contribution in [0.2, 0.25) is 5.02 Å². The SMILES string of the molecule is C[C@@H]1CCC[C@H](C)N1C(=O)c1c(Cl)cnn1C. The maximum atomic E-state index is 12.5. The molecule has 1 aromatic heterocycles. The maximum Gasteiger partial charge on any atom is 0.274 e. The van der Waals surface area contributed by atoms with Gasteiger partial charge in [-0.1, -0.05) is 11.6 Å². The molecule has 0 aromatic carbocycles. The minimum atomic E-state index is -0.00491. The summed E-state index contributed by atoms with van der Waals surface area (Å²) in [5.41, 5.74) is 0.493. The van der Waals surface area contributed by atoms with E-state index in [1.807, 2.05) is 4.90 Å². The minimum absolute atomic E-state index is 0.00491. The largest absolute Gasteiger partial charge is 0.332 e. The number of rotatable bonds is 1. The first-order chi connectivity index (χ1) is 8.02. The van der Waals surface area contributed by atoms with Crippen molar-refractivity contribution in [2.24, 2.45) is 7.05 Å². The summed E-state index contributed by atoms with van der Waals surface area (Å²) in [6, 6.07) is 0.550. The molecule has 1 aromatic rings. The minimum Gasteiger partial charge on any atom is -0.332 e. The molecule has 0 saturated carbocycles. The van der Waals surface area contributed by atoms with Gasteiger partial charge in [-0.2, -0.15) is 5.10 Å². The van der Waals surface area contributed by atoms with Gasteiger partial charge >= 0.3 is 0 Å². The number of hydrogen-bond acceptors (Lipinski definition) is 2. The van der Waals surface area contributed by atoms with Crippen LogP contribution in [-0.4, -0.2) is 32.7 Å². The Labute approximate surface area is 107 Å². The second-order valence-electron chi connectivity index (χ2n) is 4.81. The van der Waals surface area contributed by atoms with Gasteiger partial charge < -0.3 is 4.90 Å². The van der Waals surface area contributed by atoms with Gasteiger partial charge in [-0.3, -0.25) is 9.48 Å². The summed E-state index contributed by atoms with van der Waals surface area (Å²) >= 11 is 6.02. The number of hydrogen-bond donors (Lipinski definition) is 0. The van der Waals surface area contributed by atoms with Crippen LogP contribution < -0.4 is 0 Å². The Morgan fingerprint density at radius 1 is 1.41 bits per heavy atom. The van der Waals surface area contributed by atoms with Crippen LogP contribution in [-0.2, 0) is 7.05 Å². The van der Waals surface area contributed by atoms with Crippen molar-refractivity contribution in [3.63, 3.8) is 0 Å². The summed E-state index contributed by atoms with van der Waals surface area (Å²) in [6.45, 7) is 4.19. The van der Waals surface area contributed by atoms with Crippen LogP contribution in [0, 0.1) is 0 Å². The fraction of sp³-hybridized carbons (Fsp3) is 0.667. The number of likely N-dealkylation sites (tertiary alicyclic amines) is 1. The molecule has 1 aliphatic heterocycles. The molecule has 0 bridgehead atoms. The lowest BCUT2D eigenvalue weighted by molar-refractivity contribution is 0.0499. The zero-order chi connectivity index (χ0) is 12.6. The van der Waals surface area contributed by atoms with E-state index in [-0.39, 0.29) is 18.0 Å². The van der Waals surface area contributed by atoms with Gasteiger partial charge in [0.15, 0.2) is 0 Å². The van der Waals surface area contributed by atoms with Gasteiger partial charge in [0.05, 0.1) is 11.2 Å². The number of piperidine rings is 1. The van der Waals surface area contributed by atoms with Crippen LogP contribution in [0.4, 0.5) is 0 Å². The van der Waals surface area contributed by atoms with Crippen molar-refractivity contribution in [2.45, 2.75) is 45.2 Å². The molecule has 0 spiro atoms. The molecular weight excluding hydrogens is 238 g/mol. The average molecular weight is 256 g/mol. The molecule has 17 heavy (non-hydrogen) atoms. The second-order valence-corrected chi connectivity index (χ2v) is 5.21. The lowest BCUT2D eigenvalue weighted by Crippen LogP contribution is -2.48. The number of aryl methyl sites for hydroxylation is 1. The fourth-order valence-electron chi connectivity index (χ4n) is 2.60. The molecular formula is C12H18ClN3O. The third-order valence-corrected chi connectivity index (χ3v) is 3.80. The Bertz CT molecular complexity index is 400. The molecule has 2 rings (SSSR count). The molecule has 5 heteroatoms. The van der Waals surface area contributed by atoms with Gasteiger partial charge in [0.2, 0.25) is 0 Å². The molecule has 94 valence electrons. The third-order valence-electron chi connectivity index (χ3n) is 3.52. The molecule has 1 aliphatic rings. The van der Waals surface area contributed by atoms with E-state index in [0.29, 0.717) is 10.7 Å². The first-order valence-corrected chi connectivity index (χ1v) is 6.40. The van der Waals surface area contributed by atoms with Gasteiger partial charge in [-0.25, -0.2) is 0 Å². The predicted octanol–water partition coefficient (Wildman–Crippen LogP) is 2.48. The smallest absolute Gasteiger partial charge is 0.274 e. The third kappa shape index (κ3) is 2.18. The number of halogens is 1. The number of carbonyl (C=O) groups excluding carboxylic acids is 1. The summed E-state index contributed by atoms with van der Waals surface area (Å²) in [4.78, 5) is 14.4. The lowest BCUT2D eigenvalue weighted by Gasteiger charge is -2.39. The summed E-state index contributed by atoms with van der Waals surface area (Å²) in [7, 11) is 1.75. The van der Waals surface area contributed by atoms with Crippen molar-refractivity contribution in [2.75, 3.05) is 0 Å². The second kappa shape index (κ2) is 4.69. The topological polar surface area (TPSA) is 38.1 Å². The summed E-state index contributed by atoms with van der Waals surface area (Å²) in [5.74, 6) is -0.00491. The molecule has 0 radical (unpaired) electrons. The van der Waals surface area contributed by atoms with Crippen LogP contribution in [0.3, 0.4) is 0 Å². The fourth-order valence-corrected chi connectivity index (χ4v) is 2.84. The van der Waals surface area contributed by atoms with Crippen molar-refractivity contribution in [3.05, 3.63) is 16.9 Å². The Balaban J connectivity index is 2.30. The van der Waals surface area contributed by atoms with Gasteiger partial charge in [0.25, 0.3) is 5.91 Å². The molecule has 0 N–H and O–H groups in total. The highest BCUT2D eigenvalue weighted by atomic mass is 35.5. The molecule has 0 aliphatic carbocycles. The highest BCUT2D eigenvalue weighted by Crippen LogP contribution is 2.26. The number of nitrogens with zero attached hydrogens (tertiary/aromatic N) is 3. The van der Waals surface area contributed by atoms with Crippen molar-refractivity contribution in [1.82, 2.24) is 14.7 Å². The summed E-state index contributed by atoms with van der Waals surface area (Å²) in [5, 5.41) is 4.45. The summed E-state index contributed by atoms with van der Waals surface area (Å²) < 4.78 is 1.55. The quantitative estimate of drug-likeness (QED) is 0.773. The Morgan fingerprint density at radius 2 is 2.00 bits per heavy atom. The Kier molecular flexibility index (Phi) is 3.43. The van der Waals surface area contributed by atoms with Gasteiger partial charge in [0.1, 0.15) is 5.69 Å². The van der Waals surface area contributed by atoms with Crippen molar-refractivity contribution >= 4 is 17.5 Å². The van der Waals surface area contributed by atoms with E-state index in [9.17, 15) is 4.79 Å². The van der Waals surface area contributed by atoms with Crippen LogP contribution in [0.15, 0.2) is 6.20 Å². The van der Waals surface area contributed by atoms with Crippen LogP contribution in [0.25, 0.3) is 0 Å². The van der Waals surface area contributed by atoms with Crippen LogP contribution in [0.1, 0.15) is 43.6 Å². The summed E-state index contributed by atoms with van der Waals surface area (Å²) in [6.07, 6.45) is 4.83. The zero-order valence-electron chi connectivity index (χ0n) is 10.5. The van der Waals surface area contributed by atoms with E-state index in [1.165, 1.54) is 12.6 Å². The van der Waals surface area contributed by atoms with E-state index >= 15 is 0 Å². The van der Waals surface area contributed by atoms with Gasteiger partial charge in [0, 0.05) is 19.1 Å². The van der Waals surface area contributed by atoms with Crippen LogP contribution >= 0.6 is 11.6 Å². The van der Waals surface area contributed by atoms with Gasteiger partial charge in [-0.15, -0.1) is 0 Å². The van der Waals surface area contributed by atoms with E-state index in [0.717, 1.165) is 12.8 Å². The molecule has 2 heterocycles. The number of carbonyl (C=O) groups is 1. The van der Waals surface area contributed by atoms with E-state index in [4.69, 9.17) is 11.6 Å². The number of amides is 1. The van der Waals surface area contributed by atoms with Crippen molar-refractivity contribution in [3.8, 4) is 0 Å². The lowest BCUT2D eigenvalue weighted by atomic mass is 9.97. The predicted molar refractivity (Wildman–Crippen MR) is 67.2 cm³/mol. The first kappa shape index (κ1) is 12.4. The van der Waals surface area contributed by atoms with E-state index in [1.54, 1.807) is 11.7 Å². The van der Waals surface area contributed by atoms with Crippen molar-refractivity contribution < 1.29 is 4.79 Å². The van der Waals surface area contributed by atoms with Crippen molar-refractivity contribution in [1.29, 1.82) is 0 Å². The standard InChI is InChI=1S/C12H18ClN3O/c1-8-5-4-6-9(2)16(8)12(17)11-10(13)7-14-15(11)3/h7-9H,4-6H2,1-3H3/t8-,9+. The monoisotopic (exact) mass is 255 g/mol. The van der Waals surface area contributed by atoms with Crippen LogP contribution in [0.5, 0.6) is 0 Å². The maximum absolute atomic E-state index is 12.5. The molecule has 0 unspecified atom stereocenters. The highest BCUT2D eigenvalue weighted by molar-refractivity contribution is 6.33.